The van der Waals surface area contributed by atoms with Crippen LogP contribution < -0.4 is 4.74 Å². The summed E-state index contributed by atoms with van der Waals surface area (Å²) in [5, 5.41) is 9.38. The Morgan fingerprint density at radius 3 is 2.75 bits per heavy atom. The molecule has 1 N–H and O–H groups in total. The van der Waals surface area contributed by atoms with E-state index in [2.05, 4.69) is 4.99 Å². The summed E-state index contributed by atoms with van der Waals surface area (Å²) < 4.78 is 5.20. The van der Waals surface area contributed by atoms with Crippen LogP contribution in [-0.4, -0.2) is 40.2 Å². The molecule has 0 atom stereocenters. The predicted octanol–water partition coefficient (Wildman–Crippen LogP) is 4.08. The Balaban J connectivity index is 1.87. The van der Waals surface area contributed by atoms with E-state index in [9.17, 15) is 9.59 Å². The summed E-state index contributed by atoms with van der Waals surface area (Å²) in [6.07, 6.45) is 1.77. The van der Waals surface area contributed by atoms with Crippen molar-refractivity contribution in [1.82, 2.24) is 4.90 Å². The van der Waals surface area contributed by atoms with Gasteiger partial charge in [-0.2, -0.15) is 0 Å². The van der Waals surface area contributed by atoms with Crippen LogP contribution in [0.15, 0.2) is 58.4 Å². The zero-order valence-electron chi connectivity index (χ0n) is 15.6. The highest BCUT2D eigenvalue weighted by Gasteiger charge is 2.32. The number of carboxylic acids is 1. The third-order valence-electron chi connectivity index (χ3n) is 4.05. The number of carboxylic acid groups (broad SMARTS) is 1. The van der Waals surface area contributed by atoms with E-state index in [1.165, 1.54) is 11.8 Å². The van der Waals surface area contributed by atoms with Gasteiger partial charge >= 0.3 is 5.97 Å². The molecule has 144 valence electrons. The Bertz CT molecular complexity index is 968. The normalized spacial score (nSPS) is 16.8. The smallest absolute Gasteiger partial charge is 0.341 e. The number of rotatable bonds is 6. The molecular weight excluding hydrogens is 376 g/mol. The number of aliphatic carboxylic acids is 1. The molecule has 2 aromatic rings. The minimum atomic E-state index is -1.04. The highest BCUT2D eigenvalue weighted by molar-refractivity contribution is 8.18. The van der Waals surface area contributed by atoms with Gasteiger partial charge in [-0.15, -0.1) is 0 Å². The van der Waals surface area contributed by atoms with Crippen molar-refractivity contribution in [2.24, 2.45) is 4.99 Å². The number of para-hydroxylation sites is 1. The van der Waals surface area contributed by atoms with Gasteiger partial charge in [0.1, 0.15) is 5.75 Å². The summed E-state index contributed by atoms with van der Waals surface area (Å²) in [6, 6.07) is 14.8. The molecule has 0 unspecified atom stereocenters. The van der Waals surface area contributed by atoms with Crippen LogP contribution in [0.4, 0.5) is 5.69 Å². The van der Waals surface area contributed by atoms with Crippen molar-refractivity contribution in [3.8, 4) is 5.75 Å². The second kappa shape index (κ2) is 8.75. The van der Waals surface area contributed by atoms with Gasteiger partial charge in [0.2, 0.25) is 0 Å². The van der Waals surface area contributed by atoms with Crippen LogP contribution in [0.3, 0.4) is 0 Å². The molecule has 1 fully saturated rings. The third kappa shape index (κ3) is 4.61. The molecule has 3 rings (SSSR count). The van der Waals surface area contributed by atoms with Crippen LogP contribution in [0.25, 0.3) is 6.08 Å². The Kier molecular flexibility index (Phi) is 6.16. The van der Waals surface area contributed by atoms with E-state index in [0.29, 0.717) is 22.4 Å². The largest absolute Gasteiger partial charge is 0.482 e. The monoisotopic (exact) mass is 396 g/mol. The molecule has 7 heteroatoms. The Hall–Kier alpha value is -3.06. The van der Waals surface area contributed by atoms with E-state index >= 15 is 0 Å². The van der Waals surface area contributed by atoms with Gasteiger partial charge < -0.3 is 9.84 Å². The van der Waals surface area contributed by atoms with E-state index in [0.717, 1.165) is 16.8 Å². The fraction of sp³-hybridized carbons (Fsp3) is 0.190. The Morgan fingerprint density at radius 1 is 1.25 bits per heavy atom. The number of carbonyl (C=O) groups excluding carboxylic acids is 1. The highest BCUT2D eigenvalue weighted by Crippen LogP contribution is 2.34. The maximum Gasteiger partial charge on any atom is 0.341 e. The standard InChI is InChI=1S/C21H20N2O4S/c1-3-23-20(26)18(28-21(23)22-17-10-5-4-7-14(17)2)12-15-8-6-9-16(11-15)27-13-19(24)25/h4-12H,3,13H2,1-2H3,(H,24,25)/b18-12+,22-21?. The zero-order valence-corrected chi connectivity index (χ0v) is 16.4. The zero-order chi connectivity index (χ0) is 20.1. The topological polar surface area (TPSA) is 79.2 Å². The number of amides is 1. The minimum Gasteiger partial charge on any atom is -0.482 e. The number of ether oxygens (including phenoxy) is 1. The van der Waals surface area contributed by atoms with Crippen molar-refractivity contribution >= 4 is 40.6 Å². The average molecular weight is 396 g/mol. The molecule has 2 aromatic carbocycles. The Morgan fingerprint density at radius 2 is 2.04 bits per heavy atom. The first kappa shape index (κ1) is 19.7. The number of hydrogen-bond donors (Lipinski definition) is 1. The van der Waals surface area contributed by atoms with Crippen LogP contribution in [0.1, 0.15) is 18.1 Å². The number of hydrogen-bond acceptors (Lipinski definition) is 5. The molecule has 1 aliphatic heterocycles. The molecule has 0 aliphatic carbocycles. The number of aliphatic imine (C=N–C) groups is 1. The second-order valence-corrected chi connectivity index (χ2v) is 7.10. The van der Waals surface area contributed by atoms with Gasteiger partial charge in [-0.3, -0.25) is 9.69 Å². The van der Waals surface area contributed by atoms with Gasteiger partial charge in [-0.05, 0) is 61.0 Å². The summed E-state index contributed by atoms with van der Waals surface area (Å²) in [5.41, 5.74) is 2.63. The lowest BCUT2D eigenvalue weighted by atomic mass is 10.2. The average Bonchev–Trinajstić information content (AvgIpc) is 2.96. The summed E-state index contributed by atoms with van der Waals surface area (Å²) >= 11 is 1.33. The number of nitrogens with zero attached hydrogens (tertiary/aromatic N) is 2. The van der Waals surface area contributed by atoms with E-state index in [1.807, 2.05) is 44.2 Å². The molecular formula is C21H20N2O4S. The predicted molar refractivity (Wildman–Crippen MR) is 111 cm³/mol. The van der Waals surface area contributed by atoms with E-state index in [-0.39, 0.29) is 5.91 Å². The number of amidine groups is 1. The van der Waals surface area contributed by atoms with Gasteiger partial charge in [-0.25, -0.2) is 9.79 Å². The molecule has 1 aliphatic rings. The van der Waals surface area contributed by atoms with Gasteiger partial charge in [0, 0.05) is 6.54 Å². The number of likely N-dealkylation sites (N-methyl/N-ethyl adjacent to an activating group) is 1. The van der Waals surface area contributed by atoms with Gasteiger partial charge in [0.15, 0.2) is 11.8 Å². The van der Waals surface area contributed by atoms with Crippen LogP contribution in [0.2, 0.25) is 0 Å². The molecule has 0 saturated carbocycles. The van der Waals surface area contributed by atoms with Crippen molar-refractivity contribution in [1.29, 1.82) is 0 Å². The first-order valence-electron chi connectivity index (χ1n) is 8.78. The highest BCUT2D eigenvalue weighted by atomic mass is 32.2. The summed E-state index contributed by atoms with van der Waals surface area (Å²) in [6.45, 7) is 4.01. The van der Waals surface area contributed by atoms with Gasteiger partial charge in [0.25, 0.3) is 5.91 Å². The van der Waals surface area contributed by atoms with Crippen LogP contribution in [-0.2, 0) is 9.59 Å². The van der Waals surface area contributed by atoms with Crippen molar-refractivity contribution < 1.29 is 19.4 Å². The molecule has 1 saturated heterocycles. The molecule has 6 nitrogen and oxygen atoms in total. The second-order valence-electron chi connectivity index (χ2n) is 6.10. The third-order valence-corrected chi connectivity index (χ3v) is 5.06. The summed E-state index contributed by atoms with van der Waals surface area (Å²) in [7, 11) is 0. The van der Waals surface area contributed by atoms with Crippen LogP contribution in [0.5, 0.6) is 5.75 Å². The first-order chi connectivity index (χ1) is 13.5. The Labute approximate surface area is 167 Å². The summed E-state index contributed by atoms with van der Waals surface area (Å²) in [4.78, 5) is 30.3. The van der Waals surface area contributed by atoms with Crippen molar-refractivity contribution in [2.75, 3.05) is 13.2 Å². The molecule has 0 radical (unpaired) electrons. The SMILES string of the molecule is CCN1C(=O)/C(=C\c2cccc(OCC(=O)O)c2)SC1=Nc1ccccc1C. The molecule has 28 heavy (non-hydrogen) atoms. The quantitative estimate of drug-likeness (QED) is 0.744. The number of carbonyl (C=O) groups is 2. The fourth-order valence-corrected chi connectivity index (χ4v) is 3.71. The molecule has 0 spiro atoms. The maximum atomic E-state index is 12.8. The first-order valence-corrected chi connectivity index (χ1v) is 9.60. The van der Waals surface area contributed by atoms with Crippen LogP contribution in [0, 0.1) is 6.92 Å². The van der Waals surface area contributed by atoms with Crippen molar-refractivity contribution in [3.63, 3.8) is 0 Å². The molecule has 0 bridgehead atoms. The van der Waals surface area contributed by atoms with E-state index in [1.54, 1.807) is 29.2 Å². The van der Waals surface area contributed by atoms with Crippen molar-refractivity contribution in [3.05, 3.63) is 64.6 Å². The molecule has 0 aromatic heterocycles. The lowest BCUT2D eigenvalue weighted by Gasteiger charge is -2.12. The van der Waals surface area contributed by atoms with Gasteiger partial charge in [-0.1, -0.05) is 30.3 Å². The minimum absolute atomic E-state index is 0.100. The van der Waals surface area contributed by atoms with Gasteiger partial charge in [0.05, 0.1) is 10.6 Å². The molecule has 1 amide bonds. The van der Waals surface area contributed by atoms with E-state index < -0.39 is 12.6 Å². The van der Waals surface area contributed by atoms with E-state index in [4.69, 9.17) is 9.84 Å². The number of benzene rings is 2. The maximum absolute atomic E-state index is 12.8. The lowest BCUT2D eigenvalue weighted by Crippen LogP contribution is -2.28. The molecule has 1 heterocycles. The summed E-state index contributed by atoms with van der Waals surface area (Å²) in [5.74, 6) is -0.703. The lowest BCUT2D eigenvalue weighted by molar-refractivity contribution is -0.139. The number of aryl methyl sites for hydroxylation is 1. The fourth-order valence-electron chi connectivity index (χ4n) is 2.65. The van der Waals surface area contributed by atoms with Crippen LogP contribution >= 0.6 is 11.8 Å². The number of thioether (sulfide) groups is 1. The van der Waals surface area contributed by atoms with Crippen molar-refractivity contribution in [2.45, 2.75) is 13.8 Å².